The van der Waals surface area contributed by atoms with Crippen LogP contribution in [0.15, 0.2) is 89.4 Å². The Morgan fingerprint density at radius 2 is 1.62 bits per heavy atom. The lowest BCUT2D eigenvalue weighted by Crippen LogP contribution is -2.27. The number of hydrogen-bond acceptors (Lipinski definition) is 7. The number of nitrogens with zero attached hydrogens (tertiary/aromatic N) is 2. The monoisotopic (exact) mass is 606 g/mol. The van der Waals surface area contributed by atoms with E-state index in [1.165, 1.54) is 41.4 Å². The van der Waals surface area contributed by atoms with E-state index < -0.39 is 27.6 Å². The van der Waals surface area contributed by atoms with Gasteiger partial charge in [0.2, 0.25) is 5.91 Å². The van der Waals surface area contributed by atoms with Crippen molar-refractivity contribution in [2.45, 2.75) is 37.1 Å². The van der Waals surface area contributed by atoms with Crippen LogP contribution in [0.3, 0.4) is 0 Å². The molecule has 0 aliphatic heterocycles. The summed E-state index contributed by atoms with van der Waals surface area (Å²) in [5, 5.41) is 5.35. The van der Waals surface area contributed by atoms with Gasteiger partial charge in [-0.3, -0.25) is 10.1 Å². The molecule has 4 aromatic rings. The molecule has 9 nitrogen and oxygen atoms in total. The average molecular weight is 607 g/mol. The van der Waals surface area contributed by atoms with E-state index in [0.29, 0.717) is 16.9 Å². The Balaban J connectivity index is 1.41. The largest absolute Gasteiger partial charge is 0.444 e. The first-order chi connectivity index (χ1) is 19.8. The Morgan fingerprint density at radius 3 is 2.26 bits per heavy atom. The van der Waals surface area contributed by atoms with Crippen LogP contribution >= 0.6 is 11.3 Å². The van der Waals surface area contributed by atoms with Gasteiger partial charge in [-0.2, -0.15) is 8.42 Å². The van der Waals surface area contributed by atoms with Crippen molar-refractivity contribution in [1.29, 1.82) is 0 Å². The van der Waals surface area contributed by atoms with Crippen LogP contribution in [0.2, 0.25) is 0 Å². The van der Waals surface area contributed by atoms with Crippen molar-refractivity contribution in [1.82, 2.24) is 8.87 Å². The van der Waals surface area contributed by atoms with Gasteiger partial charge in [-0.15, -0.1) is 11.3 Å². The van der Waals surface area contributed by atoms with Gasteiger partial charge in [0, 0.05) is 29.9 Å². The second-order valence-corrected chi connectivity index (χ2v) is 14.0. The minimum Gasteiger partial charge on any atom is -0.444 e. The van der Waals surface area contributed by atoms with Gasteiger partial charge >= 0.3 is 6.09 Å². The summed E-state index contributed by atoms with van der Waals surface area (Å²) < 4.78 is 33.2. The Labute approximate surface area is 250 Å². The van der Waals surface area contributed by atoms with Gasteiger partial charge in [-0.1, -0.05) is 36.4 Å². The predicted octanol–water partition coefficient (Wildman–Crippen LogP) is 6.51. The lowest BCUT2D eigenvalue weighted by atomic mass is 10.1. The third-order valence-corrected chi connectivity index (χ3v) is 9.03. The first kappa shape index (κ1) is 30.8. The molecule has 2 aromatic heterocycles. The van der Waals surface area contributed by atoms with Crippen molar-refractivity contribution in [3.05, 3.63) is 96.3 Å². The lowest BCUT2D eigenvalue weighted by Gasteiger charge is -2.20. The molecule has 0 aliphatic carbocycles. The fourth-order valence-electron chi connectivity index (χ4n) is 3.96. The quantitative estimate of drug-likeness (QED) is 0.210. The molecule has 2 amide bonds. The molecule has 0 atom stereocenters. The molecule has 11 heteroatoms. The zero-order valence-electron chi connectivity index (χ0n) is 24.1. The second-order valence-electron chi connectivity index (χ2n) is 10.8. The average Bonchev–Trinajstić information content (AvgIpc) is 3.59. The van der Waals surface area contributed by atoms with Crippen molar-refractivity contribution < 1.29 is 22.7 Å². The van der Waals surface area contributed by atoms with Crippen LogP contribution in [0.5, 0.6) is 0 Å². The van der Waals surface area contributed by atoms with E-state index >= 15 is 0 Å². The number of nitrogens with one attached hydrogen (secondary N) is 2. The molecule has 2 N–H and O–H groups in total. The van der Waals surface area contributed by atoms with E-state index in [9.17, 15) is 18.0 Å². The summed E-state index contributed by atoms with van der Waals surface area (Å²) in [6.07, 6.45) is 5.06. The van der Waals surface area contributed by atoms with Crippen LogP contribution in [0.1, 0.15) is 31.9 Å². The standard InChI is InChI=1S/C31H34N4O5S2/c1-31(2,3)40-30(37)33-26-9-7-6-8-25(26)32-28(36)16-12-23-18-19-35(21-23)42(38,39)29-17-15-27(41-29)24-13-10-22(11-14-24)20-34(4)5/h6-19,21H,20H2,1-5H3,(H,32,36)(H,33,37)/b16-12+. The van der Waals surface area contributed by atoms with Crippen LogP contribution < -0.4 is 10.6 Å². The molecule has 220 valence electrons. The fourth-order valence-corrected chi connectivity index (χ4v) is 6.58. The molecule has 0 bridgehead atoms. The summed E-state index contributed by atoms with van der Waals surface area (Å²) in [5.41, 5.74) is 2.76. The van der Waals surface area contributed by atoms with Crippen LogP contribution in [0.4, 0.5) is 16.2 Å². The molecule has 2 heterocycles. The molecule has 0 saturated carbocycles. The van der Waals surface area contributed by atoms with Gasteiger partial charge in [0.05, 0.1) is 11.4 Å². The van der Waals surface area contributed by atoms with Crippen LogP contribution in [0.25, 0.3) is 16.5 Å². The first-order valence-corrected chi connectivity index (χ1v) is 15.4. The highest BCUT2D eigenvalue weighted by atomic mass is 32.2. The lowest BCUT2D eigenvalue weighted by molar-refractivity contribution is -0.111. The molecule has 42 heavy (non-hydrogen) atoms. The zero-order valence-corrected chi connectivity index (χ0v) is 25.8. The number of carbonyl (C=O) groups is 2. The summed E-state index contributed by atoms with van der Waals surface area (Å²) in [6.45, 7) is 6.10. The van der Waals surface area contributed by atoms with Crippen molar-refractivity contribution in [3.8, 4) is 10.4 Å². The number of benzene rings is 2. The Hall–Kier alpha value is -4.19. The second kappa shape index (κ2) is 12.8. The number of rotatable bonds is 9. The van der Waals surface area contributed by atoms with Crippen molar-refractivity contribution in [2.24, 2.45) is 0 Å². The summed E-state index contributed by atoms with van der Waals surface area (Å²) >= 11 is 1.20. The molecule has 0 spiro atoms. The Kier molecular flexibility index (Phi) is 9.35. The molecule has 2 aromatic carbocycles. The number of aromatic nitrogens is 1. The summed E-state index contributed by atoms with van der Waals surface area (Å²) in [6, 6.07) is 19.8. The van der Waals surface area contributed by atoms with E-state index in [2.05, 4.69) is 15.5 Å². The summed E-state index contributed by atoms with van der Waals surface area (Å²) in [7, 11) is 0.214. The van der Waals surface area contributed by atoms with Crippen molar-refractivity contribution in [2.75, 3.05) is 24.7 Å². The number of ether oxygens (including phenoxy) is 1. The number of anilines is 2. The highest BCUT2D eigenvalue weighted by Crippen LogP contribution is 2.32. The fraction of sp³-hybridized carbons (Fsp3) is 0.226. The maximum atomic E-state index is 13.3. The maximum Gasteiger partial charge on any atom is 0.412 e. The normalized spacial score (nSPS) is 12.0. The van der Waals surface area contributed by atoms with Crippen LogP contribution in [-0.4, -0.2) is 49.0 Å². The predicted molar refractivity (Wildman–Crippen MR) is 168 cm³/mol. The Morgan fingerprint density at radius 1 is 0.952 bits per heavy atom. The van der Waals surface area contributed by atoms with E-state index in [0.717, 1.165) is 21.0 Å². The zero-order chi connectivity index (χ0) is 30.5. The number of hydrogen-bond donors (Lipinski definition) is 2. The summed E-state index contributed by atoms with van der Waals surface area (Å²) in [4.78, 5) is 27.7. The maximum absolute atomic E-state index is 13.3. The van der Waals surface area contributed by atoms with Crippen LogP contribution in [0, 0.1) is 0 Å². The Bertz CT molecular complexity index is 1700. The highest BCUT2D eigenvalue weighted by Gasteiger charge is 2.20. The number of amides is 2. The van der Waals surface area contributed by atoms with E-state index in [4.69, 9.17) is 4.74 Å². The van der Waals surface area contributed by atoms with Crippen molar-refractivity contribution in [3.63, 3.8) is 0 Å². The first-order valence-electron chi connectivity index (χ1n) is 13.2. The van der Waals surface area contributed by atoms with Gasteiger partial charge in [-0.05, 0) is 88.0 Å². The minimum absolute atomic E-state index is 0.216. The van der Waals surface area contributed by atoms with E-state index in [1.807, 2.05) is 44.4 Å². The smallest absolute Gasteiger partial charge is 0.412 e. The molecular weight excluding hydrogens is 572 g/mol. The molecule has 0 fully saturated rings. The topological polar surface area (TPSA) is 110 Å². The van der Waals surface area contributed by atoms with Gasteiger partial charge in [0.15, 0.2) is 0 Å². The number of thiophene rings is 1. The third kappa shape index (κ3) is 8.19. The highest BCUT2D eigenvalue weighted by molar-refractivity contribution is 7.92. The molecule has 0 unspecified atom stereocenters. The molecule has 0 radical (unpaired) electrons. The van der Waals surface area contributed by atoms with Gasteiger partial charge in [-0.25, -0.2) is 8.77 Å². The third-order valence-electron chi connectivity index (χ3n) is 5.79. The summed E-state index contributed by atoms with van der Waals surface area (Å²) in [5.74, 6) is -0.455. The molecule has 0 aliphatic rings. The van der Waals surface area contributed by atoms with Gasteiger partial charge in [0.25, 0.3) is 10.0 Å². The molecular formula is C31H34N4O5S2. The van der Waals surface area contributed by atoms with Gasteiger partial charge in [0.1, 0.15) is 9.81 Å². The molecule has 0 saturated heterocycles. The van der Waals surface area contributed by atoms with Crippen molar-refractivity contribution >= 4 is 50.8 Å². The number of para-hydroxylation sites is 2. The molecule has 4 rings (SSSR count). The minimum atomic E-state index is -3.80. The SMILES string of the molecule is CN(C)Cc1ccc(-c2ccc(S(=O)(=O)n3ccc(/C=C/C(=O)Nc4ccccc4NC(=O)OC(C)(C)C)c3)s2)cc1. The van der Waals surface area contributed by atoms with Gasteiger partial charge < -0.3 is 15.0 Å². The number of carbonyl (C=O) groups excluding carboxylic acids is 2. The van der Waals surface area contributed by atoms with E-state index in [1.54, 1.807) is 57.2 Å². The van der Waals surface area contributed by atoms with Crippen LogP contribution in [-0.2, 0) is 26.1 Å². The van der Waals surface area contributed by atoms with E-state index in [-0.39, 0.29) is 4.21 Å².